The lowest BCUT2D eigenvalue weighted by molar-refractivity contribution is 0.0618. The summed E-state index contributed by atoms with van der Waals surface area (Å²) in [6.07, 6.45) is 0. The van der Waals surface area contributed by atoms with E-state index in [2.05, 4.69) is 10.1 Å². The number of amides is 1. The molecule has 1 saturated heterocycles. The van der Waals surface area contributed by atoms with Gasteiger partial charge in [-0.25, -0.2) is 0 Å². The first-order valence-corrected chi connectivity index (χ1v) is 8.49. The van der Waals surface area contributed by atoms with Gasteiger partial charge in [0.05, 0.1) is 22.1 Å². The van der Waals surface area contributed by atoms with E-state index in [0.717, 1.165) is 24.5 Å². The number of carbonyl (C=O) groups is 1. The third kappa shape index (κ3) is 3.46. The fourth-order valence-corrected chi connectivity index (χ4v) is 3.92. The van der Waals surface area contributed by atoms with E-state index in [1.807, 2.05) is 17.9 Å². The highest BCUT2D eigenvalue weighted by molar-refractivity contribution is 7.20. The molecule has 1 fully saturated rings. The maximum absolute atomic E-state index is 12.4. The van der Waals surface area contributed by atoms with Crippen LogP contribution in [0.1, 0.15) is 21.8 Å². The molecule has 0 radical (unpaired) electrons. The van der Waals surface area contributed by atoms with Gasteiger partial charge in [0.2, 0.25) is 0 Å². The lowest BCUT2D eigenvalue weighted by Gasteiger charge is -2.34. The summed E-state index contributed by atoms with van der Waals surface area (Å²) in [5.74, 6) is 0.799. The summed E-state index contributed by atoms with van der Waals surface area (Å²) in [6.45, 7) is 5.53. The number of hydrogen-bond donors (Lipinski definition) is 0. The Kier molecular flexibility index (Phi) is 4.73. The van der Waals surface area contributed by atoms with Gasteiger partial charge in [-0.1, -0.05) is 28.4 Å². The van der Waals surface area contributed by atoms with E-state index in [9.17, 15) is 4.79 Å². The number of carbonyl (C=O) groups excluding carboxylic acids is 1. The van der Waals surface area contributed by atoms with Gasteiger partial charge in [0, 0.05) is 32.2 Å². The molecule has 8 heteroatoms. The van der Waals surface area contributed by atoms with E-state index in [1.54, 1.807) is 6.07 Å². The van der Waals surface area contributed by atoms with Gasteiger partial charge in [0.15, 0.2) is 5.76 Å². The molecule has 3 rings (SSSR count). The van der Waals surface area contributed by atoms with Crippen LogP contribution in [0.15, 0.2) is 16.7 Å². The normalized spacial score (nSPS) is 16.2. The summed E-state index contributed by atoms with van der Waals surface area (Å²) in [5.41, 5.74) is 1.38. The Balaban J connectivity index is 1.57. The number of aryl methyl sites for hydroxylation is 1. The van der Waals surface area contributed by atoms with Gasteiger partial charge in [0.25, 0.3) is 5.91 Å². The maximum Gasteiger partial charge on any atom is 0.256 e. The Labute approximate surface area is 142 Å². The van der Waals surface area contributed by atoms with Gasteiger partial charge < -0.3 is 9.42 Å². The van der Waals surface area contributed by atoms with Gasteiger partial charge in [-0.05, 0) is 13.0 Å². The van der Waals surface area contributed by atoms with E-state index in [-0.39, 0.29) is 5.91 Å². The number of piperazine rings is 1. The highest BCUT2D eigenvalue weighted by Crippen LogP contribution is 2.32. The molecule has 0 N–H and O–H groups in total. The Bertz CT molecular complexity index is 677. The van der Waals surface area contributed by atoms with E-state index in [1.165, 1.54) is 11.3 Å². The van der Waals surface area contributed by atoms with Crippen molar-refractivity contribution < 1.29 is 9.32 Å². The van der Waals surface area contributed by atoms with E-state index in [4.69, 9.17) is 27.7 Å². The zero-order valence-corrected chi connectivity index (χ0v) is 14.3. The smallest absolute Gasteiger partial charge is 0.256 e. The van der Waals surface area contributed by atoms with Gasteiger partial charge in [-0.15, -0.1) is 11.3 Å². The van der Waals surface area contributed by atoms with Gasteiger partial charge in [-0.2, -0.15) is 0 Å². The zero-order chi connectivity index (χ0) is 15.7. The van der Waals surface area contributed by atoms with Crippen LogP contribution in [0.4, 0.5) is 0 Å². The van der Waals surface area contributed by atoms with Crippen molar-refractivity contribution in [2.45, 2.75) is 13.5 Å². The predicted molar refractivity (Wildman–Crippen MR) is 86.8 cm³/mol. The minimum Gasteiger partial charge on any atom is -0.360 e. The Morgan fingerprint density at radius 3 is 2.59 bits per heavy atom. The molecule has 2 aromatic rings. The van der Waals surface area contributed by atoms with Crippen LogP contribution in [-0.2, 0) is 6.54 Å². The predicted octanol–water partition coefficient (Wildman–Crippen LogP) is 3.31. The SMILES string of the molecule is Cc1cc(CN2CCN(C(=O)c3cc(Cl)sc3Cl)CC2)on1. The molecule has 118 valence electrons. The highest BCUT2D eigenvalue weighted by atomic mass is 35.5. The molecule has 0 atom stereocenters. The Hall–Kier alpha value is -1.08. The fourth-order valence-electron chi connectivity index (χ4n) is 2.48. The van der Waals surface area contributed by atoms with Crippen molar-refractivity contribution in [3.63, 3.8) is 0 Å². The molecular weight excluding hydrogens is 345 g/mol. The first kappa shape index (κ1) is 15.8. The number of nitrogens with zero attached hydrogens (tertiary/aromatic N) is 3. The summed E-state index contributed by atoms with van der Waals surface area (Å²) >= 11 is 13.2. The molecule has 1 amide bonds. The number of thiophene rings is 1. The van der Waals surface area contributed by atoms with Crippen LogP contribution in [0.3, 0.4) is 0 Å². The lowest BCUT2D eigenvalue weighted by atomic mass is 10.2. The molecule has 0 aliphatic carbocycles. The van der Waals surface area contributed by atoms with Crippen molar-refractivity contribution in [3.8, 4) is 0 Å². The van der Waals surface area contributed by atoms with Crippen LogP contribution in [0, 0.1) is 6.92 Å². The van der Waals surface area contributed by atoms with Crippen molar-refractivity contribution in [2.24, 2.45) is 0 Å². The molecule has 22 heavy (non-hydrogen) atoms. The molecule has 1 aliphatic rings. The van der Waals surface area contributed by atoms with Crippen molar-refractivity contribution in [3.05, 3.63) is 37.8 Å². The standard InChI is InChI=1S/C14H15Cl2N3O2S/c1-9-6-10(21-17-9)8-18-2-4-19(5-3-18)14(20)11-7-12(15)22-13(11)16/h6-7H,2-5,8H2,1H3. The first-order chi connectivity index (χ1) is 10.5. The van der Waals surface area contributed by atoms with Crippen LogP contribution in [0.5, 0.6) is 0 Å². The Morgan fingerprint density at radius 2 is 2.05 bits per heavy atom. The average Bonchev–Trinajstić information content (AvgIpc) is 3.04. The second-order valence-electron chi connectivity index (χ2n) is 5.24. The van der Waals surface area contributed by atoms with Crippen LogP contribution >= 0.6 is 34.5 Å². The molecule has 0 saturated carbocycles. The number of rotatable bonds is 3. The number of aromatic nitrogens is 1. The summed E-state index contributed by atoms with van der Waals surface area (Å²) in [7, 11) is 0. The number of halogens is 2. The molecule has 3 heterocycles. The summed E-state index contributed by atoms with van der Waals surface area (Å²) in [4.78, 5) is 16.5. The highest BCUT2D eigenvalue weighted by Gasteiger charge is 2.25. The lowest BCUT2D eigenvalue weighted by Crippen LogP contribution is -2.48. The van der Waals surface area contributed by atoms with Gasteiger partial charge >= 0.3 is 0 Å². The van der Waals surface area contributed by atoms with Crippen molar-refractivity contribution in [1.29, 1.82) is 0 Å². The zero-order valence-electron chi connectivity index (χ0n) is 12.0. The summed E-state index contributed by atoms with van der Waals surface area (Å²) in [6, 6.07) is 3.57. The second-order valence-corrected chi connectivity index (χ2v) is 7.53. The Morgan fingerprint density at radius 1 is 1.32 bits per heavy atom. The van der Waals surface area contributed by atoms with Crippen LogP contribution in [0.25, 0.3) is 0 Å². The van der Waals surface area contributed by atoms with Crippen LogP contribution in [-0.4, -0.2) is 47.0 Å². The van der Waals surface area contributed by atoms with Gasteiger partial charge in [0.1, 0.15) is 4.34 Å². The van der Waals surface area contributed by atoms with Crippen molar-refractivity contribution in [1.82, 2.24) is 15.0 Å². The number of hydrogen-bond acceptors (Lipinski definition) is 5. The minimum atomic E-state index is -0.0525. The first-order valence-electron chi connectivity index (χ1n) is 6.91. The molecule has 5 nitrogen and oxygen atoms in total. The van der Waals surface area contributed by atoms with E-state index >= 15 is 0 Å². The monoisotopic (exact) mass is 359 g/mol. The third-order valence-corrected chi connectivity index (χ3v) is 5.09. The van der Waals surface area contributed by atoms with Crippen molar-refractivity contribution in [2.75, 3.05) is 26.2 Å². The van der Waals surface area contributed by atoms with E-state index < -0.39 is 0 Å². The maximum atomic E-state index is 12.4. The average molecular weight is 360 g/mol. The summed E-state index contributed by atoms with van der Waals surface area (Å²) in [5, 5.41) is 3.88. The van der Waals surface area contributed by atoms with Crippen molar-refractivity contribution >= 4 is 40.4 Å². The van der Waals surface area contributed by atoms with Crippen LogP contribution in [0.2, 0.25) is 8.67 Å². The molecule has 0 aromatic carbocycles. The van der Waals surface area contributed by atoms with Crippen LogP contribution < -0.4 is 0 Å². The molecule has 0 spiro atoms. The van der Waals surface area contributed by atoms with Gasteiger partial charge in [-0.3, -0.25) is 9.69 Å². The molecule has 0 unspecified atom stereocenters. The largest absolute Gasteiger partial charge is 0.360 e. The minimum absolute atomic E-state index is 0.0525. The second kappa shape index (κ2) is 6.58. The molecule has 1 aliphatic heterocycles. The molecule has 2 aromatic heterocycles. The molecular formula is C14H15Cl2N3O2S. The molecule has 0 bridgehead atoms. The third-order valence-electron chi connectivity index (χ3n) is 3.60. The topological polar surface area (TPSA) is 49.6 Å². The quantitative estimate of drug-likeness (QED) is 0.843. The van der Waals surface area contributed by atoms with E-state index in [0.29, 0.717) is 33.9 Å². The summed E-state index contributed by atoms with van der Waals surface area (Å²) < 4.78 is 6.21. The fraction of sp³-hybridized carbons (Fsp3) is 0.429.